The van der Waals surface area contributed by atoms with Crippen LogP contribution in [0, 0.1) is 17.5 Å². The van der Waals surface area contributed by atoms with Gasteiger partial charge in [0, 0.05) is 30.0 Å². The Morgan fingerprint density at radius 1 is 0.917 bits per heavy atom. The Hall–Kier alpha value is -3.22. The lowest BCUT2D eigenvalue weighted by molar-refractivity contribution is 0.410. The molecule has 24 heavy (non-hydrogen) atoms. The van der Waals surface area contributed by atoms with E-state index in [1.165, 1.54) is 30.6 Å². The molecule has 0 atom stereocenters. The predicted molar refractivity (Wildman–Crippen MR) is 82.3 cm³/mol. The van der Waals surface area contributed by atoms with Gasteiger partial charge in [-0.3, -0.25) is 0 Å². The van der Waals surface area contributed by atoms with Gasteiger partial charge in [-0.25, -0.2) is 18.2 Å². The molecule has 0 spiro atoms. The fourth-order valence-electron chi connectivity index (χ4n) is 2.49. The molecule has 0 saturated heterocycles. The van der Waals surface area contributed by atoms with E-state index >= 15 is 0 Å². The number of benzene rings is 2. The van der Waals surface area contributed by atoms with Gasteiger partial charge in [-0.05, 0) is 24.3 Å². The molecule has 0 aliphatic heterocycles. The van der Waals surface area contributed by atoms with Crippen LogP contribution >= 0.6 is 0 Å². The van der Waals surface area contributed by atoms with Crippen LogP contribution < -0.4 is 4.74 Å². The third-order valence-electron chi connectivity index (χ3n) is 3.61. The van der Waals surface area contributed by atoms with Gasteiger partial charge in [-0.1, -0.05) is 0 Å². The second-order valence-corrected chi connectivity index (χ2v) is 5.12. The molecule has 0 radical (unpaired) electrons. The Kier molecular flexibility index (Phi) is 3.26. The zero-order chi connectivity index (χ0) is 16.7. The molecule has 2 N–H and O–H groups in total. The highest BCUT2D eigenvalue weighted by Gasteiger charge is 2.18. The minimum absolute atomic E-state index is 0.0930. The first kappa shape index (κ1) is 14.4. The van der Waals surface area contributed by atoms with E-state index in [2.05, 4.69) is 15.0 Å². The molecule has 2 heterocycles. The number of nitrogens with zero attached hydrogens (tertiary/aromatic N) is 1. The van der Waals surface area contributed by atoms with E-state index in [9.17, 15) is 13.2 Å². The van der Waals surface area contributed by atoms with Gasteiger partial charge in [-0.15, -0.1) is 0 Å². The van der Waals surface area contributed by atoms with Gasteiger partial charge in [0.05, 0.1) is 11.1 Å². The lowest BCUT2D eigenvalue weighted by Gasteiger charge is -2.10. The predicted octanol–water partition coefficient (Wildman–Crippen LogP) is 4.77. The maximum atomic E-state index is 14.4. The van der Waals surface area contributed by atoms with Crippen LogP contribution in [0.4, 0.5) is 13.2 Å². The van der Waals surface area contributed by atoms with Crippen molar-refractivity contribution in [2.24, 2.45) is 0 Å². The normalized spacial score (nSPS) is 11.1. The number of hydrogen-bond acceptors (Lipinski definition) is 2. The Bertz CT molecular complexity index is 1030. The Morgan fingerprint density at radius 2 is 1.79 bits per heavy atom. The molecule has 0 amide bonds. The van der Waals surface area contributed by atoms with Gasteiger partial charge in [0.2, 0.25) is 0 Å². The number of rotatable bonds is 3. The fraction of sp³-hybridized carbons (Fsp3) is 0. The molecule has 4 aromatic rings. The van der Waals surface area contributed by atoms with Crippen molar-refractivity contribution in [3.63, 3.8) is 0 Å². The molecule has 0 aliphatic carbocycles. The van der Waals surface area contributed by atoms with Crippen LogP contribution in [0.5, 0.6) is 11.5 Å². The number of hydrogen-bond donors (Lipinski definition) is 2. The Balaban J connectivity index is 1.78. The number of nitrogens with one attached hydrogen (secondary N) is 2. The van der Waals surface area contributed by atoms with Crippen LogP contribution in [-0.2, 0) is 0 Å². The van der Waals surface area contributed by atoms with Crippen molar-refractivity contribution in [2.75, 3.05) is 0 Å². The van der Waals surface area contributed by atoms with Crippen LogP contribution in [0.25, 0.3) is 22.3 Å². The first-order chi connectivity index (χ1) is 11.6. The van der Waals surface area contributed by atoms with Gasteiger partial charge in [0.1, 0.15) is 17.4 Å². The van der Waals surface area contributed by atoms with Crippen LogP contribution in [0.2, 0.25) is 0 Å². The van der Waals surface area contributed by atoms with Crippen molar-refractivity contribution in [1.29, 1.82) is 0 Å². The van der Waals surface area contributed by atoms with Crippen molar-refractivity contribution < 1.29 is 17.9 Å². The number of ether oxygens (including phenoxy) is 1. The third-order valence-corrected chi connectivity index (χ3v) is 3.61. The molecule has 0 fully saturated rings. The maximum absolute atomic E-state index is 14.4. The fourth-order valence-corrected chi connectivity index (χ4v) is 2.49. The van der Waals surface area contributed by atoms with E-state index < -0.39 is 23.2 Å². The van der Waals surface area contributed by atoms with E-state index in [1.807, 2.05) is 0 Å². The molecule has 0 aliphatic rings. The molecule has 4 nitrogen and oxygen atoms in total. The van der Waals surface area contributed by atoms with Crippen LogP contribution in [-0.4, -0.2) is 15.0 Å². The summed E-state index contributed by atoms with van der Waals surface area (Å²) >= 11 is 0. The molecular weight excluding hydrogens is 319 g/mol. The van der Waals surface area contributed by atoms with Gasteiger partial charge >= 0.3 is 0 Å². The van der Waals surface area contributed by atoms with Gasteiger partial charge in [0.15, 0.2) is 17.4 Å². The molecule has 0 bridgehead atoms. The molecule has 4 rings (SSSR count). The van der Waals surface area contributed by atoms with E-state index in [4.69, 9.17) is 4.74 Å². The van der Waals surface area contributed by atoms with Crippen LogP contribution in [0.1, 0.15) is 0 Å². The van der Waals surface area contributed by atoms with Gasteiger partial charge < -0.3 is 14.7 Å². The van der Waals surface area contributed by atoms with Crippen molar-refractivity contribution in [3.8, 4) is 22.9 Å². The minimum atomic E-state index is -0.855. The summed E-state index contributed by atoms with van der Waals surface area (Å²) in [6.45, 7) is 0. The molecule has 0 saturated carbocycles. The molecule has 120 valence electrons. The SMILES string of the molecule is Fc1ccc(Oc2c(F)cc3[nH]ccc3c2F)cc1-c1ncc[nH]1. The first-order valence-electron chi connectivity index (χ1n) is 7.06. The summed E-state index contributed by atoms with van der Waals surface area (Å²) < 4.78 is 47.8. The summed E-state index contributed by atoms with van der Waals surface area (Å²) in [5.74, 6) is -2.37. The van der Waals surface area contributed by atoms with Crippen molar-refractivity contribution in [1.82, 2.24) is 15.0 Å². The summed E-state index contributed by atoms with van der Waals surface area (Å²) in [6.07, 6.45) is 4.52. The summed E-state index contributed by atoms with van der Waals surface area (Å²) in [5.41, 5.74) is 0.466. The molecular formula is C17H10F3N3O. The summed E-state index contributed by atoms with van der Waals surface area (Å²) in [5, 5.41) is 0.208. The zero-order valence-corrected chi connectivity index (χ0v) is 12.1. The van der Waals surface area contributed by atoms with E-state index in [-0.39, 0.29) is 16.7 Å². The standard InChI is InChI=1S/C17H10F3N3O/c18-12-2-1-9(7-11(12)17-22-5-6-23-17)24-16-13(19)8-14-10(15(16)20)3-4-21-14/h1-8,21H,(H,22,23). The highest BCUT2D eigenvalue weighted by molar-refractivity contribution is 5.82. The van der Waals surface area contributed by atoms with Gasteiger partial charge in [-0.2, -0.15) is 0 Å². The molecule has 2 aromatic carbocycles. The number of H-pyrrole nitrogens is 2. The number of aromatic amines is 2. The lowest BCUT2D eigenvalue weighted by atomic mass is 10.2. The molecule has 0 unspecified atom stereocenters. The third kappa shape index (κ3) is 2.30. The highest BCUT2D eigenvalue weighted by atomic mass is 19.1. The van der Waals surface area contributed by atoms with E-state index in [0.29, 0.717) is 11.3 Å². The minimum Gasteiger partial charge on any atom is -0.451 e. The summed E-state index contributed by atoms with van der Waals surface area (Å²) in [6, 6.07) is 6.40. The smallest absolute Gasteiger partial charge is 0.199 e. The van der Waals surface area contributed by atoms with E-state index in [1.54, 1.807) is 6.20 Å². The average Bonchev–Trinajstić information content (AvgIpc) is 3.24. The second-order valence-electron chi connectivity index (χ2n) is 5.12. The summed E-state index contributed by atoms with van der Waals surface area (Å²) in [4.78, 5) is 9.46. The van der Waals surface area contributed by atoms with Crippen LogP contribution in [0.3, 0.4) is 0 Å². The number of aromatic nitrogens is 3. The van der Waals surface area contributed by atoms with Crippen molar-refractivity contribution in [3.05, 3.63) is 66.4 Å². The number of halogens is 3. The molecule has 2 aromatic heterocycles. The largest absolute Gasteiger partial charge is 0.451 e. The van der Waals surface area contributed by atoms with Gasteiger partial charge in [0.25, 0.3) is 0 Å². The van der Waals surface area contributed by atoms with Crippen molar-refractivity contribution >= 4 is 10.9 Å². The topological polar surface area (TPSA) is 53.7 Å². The van der Waals surface area contributed by atoms with Crippen LogP contribution in [0.15, 0.2) is 48.9 Å². The van der Waals surface area contributed by atoms with Crippen molar-refractivity contribution in [2.45, 2.75) is 0 Å². The quantitative estimate of drug-likeness (QED) is 0.569. The monoisotopic (exact) mass is 329 g/mol. The molecule has 7 heteroatoms. The number of imidazole rings is 1. The highest BCUT2D eigenvalue weighted by Crippen LogP contribution is 2.34. The van der Waals surface area contributed by atoms with E-state index in [0.717, 1.165) is 12.1 Å². The summed E-state index contributed by atoms with van der Waals surface area (Å²) in [7, 11) is 0. The Labute approximate surface area is 133 Å². The average molecular weight is 329 g/mol. The second kappa shape index (κ2) is 5.45. The lowest BCUT2D eigenvalue weighted by Crippen LogP contribution is -1.95. The maximum Gasteiger partial charge on any atom is 0.199 e. The zero-order valence-electron chi connectivity index (χ0n) is 12.1. The number of fused-ring (bicyclic) bond motifs is 1. The Morgan fingerprint density at radius 3 is 2.58 bits per heavy atom. The first-order valence-corrected chi connectivity index (χ1v) is 7.06.